The van der Waals surface area contributed by atoms with Gasteiger partial charge in [-0.05, 0) is 30.7 Å². The molecular formula is C14H14N4. The zero-order valence-electron chi connectivity index (χ0n) is 10.4. The van der Waals surface area contributed by atoms with Crippen LogP contribution in [0.3, 0.4) is 0 Å². The molecule has 4 nitrogen and oxygen atoms in total. The second-order valence-corrected chi connectivity index (χ2v) is 4.09. The van der Waals surface area contributed by atoms with E-state index in [1.807, 2.05) is 31.4 Å². The first kappa shape index (κ1) is 12.1. The molecule has 0 saturated heterocycles. The summed E-state index contributed by atoms with van der Waals surface area (Å²) in [5.41, 5.74) is 1.70. The highest BCUT2D eigenvalue weighted by Gasteiger charge is 2.13. The maximum atomic E-state index is 8.74. The minimum Gasteiger partial charge on any atom is -0.353 e. The average Bonchev–Trinajstić information content (AvgIpc) is 2.47. The fourth-order valence-electron chi connectivity index (χ4n) is 1.71. The van der Waals surface area contributed by atoms with Gasteiger partial charge in [0.2, 0.25) is 0 Å². The minimum atomic E-state index is 0.180. The third kappa shape index (κ3) is 2.46. The van der Waals surface area contributed by atoms with Gasteiger partial charge in [0.15, 0.2) is 0 Å². The number of pyridine rings is 2. The molecule has 0 aliphatic heterocycles. The fourth-order valence-corrected chi connectivity index (χ4v) is 1.71. The quantitative estimate of drug-likeness (QED) is 0.824. The van der Waals surface area contributed by atoms with Crippen molar-refractivity contribution in [3.8, 4) is 6.07 Å². The van der Waals surface area contributed by atoms with Gasteiger partial charge in [-0.2, -0.15) is 5.26 Å². The van der Waals surface area contributed by atoms with Crippen LogP contribution in [0.2, 0.25) is 0 Å². The predicted octanol–water partition coefficient (Wildman–Crippen LogP) is 2.55. The topological polar surface area (TPSA) is 52.8 Å². The second kappa shape index (κ2) is 5.28. The van der Waals surface area contributed by atoms with Gasteiger partial charge in [0.25, 0.3) is 0 Å². The lowest BCUT2D eigenvalue weighted by atomic mass is 10.1. The van der Waals surface area contributed by atoms with Crippen molar-refractivity contribution in [2.24, 2.45) is 0 Å². The van der Waals surface area contributed by atoms with Crippen LogP contribution in [0.15, 0.2) is 42.9 Å². The van der Waals surface area contributed by atoms with Gasteiger partial charge in [-0.15, -0.1) is 0 Å². The summed E-state index contributed by atoms with van der Waals surface area (Å²) in [5.74, 6) is 0.838. The van der Waals surface area contributed by atoms with Crippen LogP contribution in [-0.4, -0.2) is 17.0 Å². The van der Waals surface area contributed by atoms with E-state index in [0.717, 1.165) is 11.4 Å². The summed E-state index contributed by atoms with van der Waals surface area (Å²) in [4.78, 5) is 10.5. The molecular weight excluding hydrogens is 224 g/mol. The van der Waals surface area contributed by atoms with E-state index in [-0.39, 0.29) is 6.04 Å². The molecule has 4 heteroatoms. The summed E-state index contributed by atoms with van der Waals surface area (Å²) in [5, 5.41) is 8.74. The van der Waals surface area contributed by atoms with Crippen molar-refractivity contribution in [3.05, 3.63) is 54.0 Å². The van der Waals surface area contributed by atoms with Crippen molar-refractivity contribution in [2.45, 2.75) is 13.0 Å². The van der Waals surface area contributed by atoms with Gasteiger partial charge in [0.05, 0.1) is 11.6 Å². The van der Waals surface area contributed by atoms with E-state index in [9.17, 15) is 0 Å². The van der Waals surface area contributed by atoms with Gasteiger partial charge < -0.3 is 4.90 Å². The number of anilines is 1. The Kier molecular flexibility index (Phi) is 3.54. The molecule has 2 heterocycles. The van der Waals surface area contributed by atoms with Crippen LogP contribution < -0.4 is 4.90 Å². The van der Waals surface area contributed by atoms with Crippen LogP contribution in [0.1, 0.15) is 24.1 Å². The van der Waals surface area contributed by atoms with Crippen molar-refractivity contribution >= 4 is 5.82 Å². The molecule has 2 aromatic rings. The summed E-state index contributed by atoms with van der Waals surface area (Å²) in [6.45, 7) is 2.09. The third-order valence-electron chi connectivity index (χ3n) is 2.99. The Balaban J connectivity index is 2.20. The van der Waals surface area contributed by atoms with Crippen LogP contribution in [0.25, 0.3) is 0 Å². The average molecular weight is 238 g/mol. The molecule has 0 aliphatic carbocycles. The Morgan fingerprint density at radius 1 is 1.28 bits per heavy atom. The monoisotopic (exact) mass is 238 g/mol. The number of hydrogen-bond acceptors (Lipinski definition) is 4. The van der Waals surface area contributed by atoms with Crippen LogP contribution in [-0.2, 0) is 0 Å². The fraction of sp³-hybridized carbons (Fsp3) is 0.214. The van der Waals surface area contributed by atoms with Crippen molar-refractivity contribution in [1.82, 2.24) is 9.97 Å². The summed E-state index contributed by atoms with van der Waals surface area (Å²) in [6, 6.07) is 9.83. The summed E-state index contributed by atoms with van der Waals surface area (Å²) >= 11 is 0. The molecule has 0 amide bonds. The first-order valence-electron chi connectivity index (χ1n) is 5.71. The lowest BCUT2D eigenvalue weighted by Gasteiger charge is -2.26. The second-order valence-electron chi connectivity index (χ2n) is 4.09. The highest BCUT2D eigenvalue weighted by Crippen LogP contribution is 2.22. The maximum Gasteiger partial charge on any atom is 0.128 e. The van der Waals surface area contributed by atoms with Gasteiger partial charge in [0, 0.05) is 25.6 Å². The van der Waals surface area contributed by atoms with Gasteiger partial charge >= 0.3 is 0 Å². The van der Waals surface area contributed by atoms with E-state index >= 15 is 0 Å². The van der Waals surface area contributed by atoms with Gasteiger partial charge in [-0.25, -0.2) is 4.98 Å². The van der Waals surface area contributed by atoms with Gasteiger partial charge in [-0.3, -0.25) is 4.98 Å². The molecule has 0 aromatic carbocycles. The molecule has 0 radical (unpaired) electrons. The first-order valence-corrected chi connectivity index (χ1v) is 5.71. The molecule has 90 valence electrons. The Labute approximate surface area is 107 Å². The van der Waals surface area contributed by atoms with E-state index < -0.39 is 0 Å². The van der Waals surface area contributed by atoms with Crippen LogP contribution >= 0.6 is 0 Å². The molecule has 0 spiro atoms. The number of hydrogen-bond donors (Lipinski definition) is 0. The molecule has 0 aliphatic rings. The molecule has 2 aromatic heterocycles. The molecule has 2 rings (SSSR count). The Hall–Kier alpha value is -2.41. The largest absolute Gasteiger partial charge is 0.353 e. The molecule has 0 saturated carbocycles. The molecule has 0 bridgehead atoms. The maximum absolute atomic E-state index is 8.74. The Bertz CT molecular complexity index is 542. The third-order valence-corrected chi connectivity index (χ3v) is 2.99. The summed E-state index contributed by atoms with van der Waals surface area (Å²) < 4.78 is 0. The van der Waals surface area contributed by atoms with Crippen molar-refractivity contribution in [1.29, 1.82) is 5.26 Å². The summed E-state index contributed by atoms with van der Waals surface area (Å²) in [7, 11) is 1.98. The van der Waals surface area contributed by atoms with E-state index in [2.05, 4.69) is 27.9 Å². The standard InChI is InChI=1S/C14H14N4/c1-11(13-4-3-7-16-10-13)18(2)14-6-5-12(8-15)9-17-14/h3-7,9-11H,1-2H3. The number of rotatable bonds is 3. The number of aromatic nitrogens is 2. The van der Waals surface area contributed by atoms with E-state index in [0.29, 0.717) is 5.56 Å². The van der Waals surface area contributed by atoms with Gasteiger partial charge in [0.1, 0.15) is 11.9 Å². The van der Waals surface area contributed by atoms with Crippen molar-refractivity contribution < 1.29 is 0 Å². The van der Waals surface area contributed by atoms with Crippen LogP contribution in [0, 0.1) is 11.3 Å². The molecule has 0 fully saturated rings. The van der Waals surface area contributed by atoms with Crippen LogP contribution in [0.4, 0.5) is 5.82 Å². The molecule has 18 heavy (non-hydrogen) atoms. The zero-order valence-corrected chi connectivity index (χ0v) is 10.4. The van der Waals surface area contributed by atoms with E-state index in [1.165, 1.54) is 0 Å². The van der Waals surface area contributed by atoms with Crippen molar-refractivity contribution in [3.63, 3.8) is 0 Å². The number of nitriles is 1. The Morgan fingerprint density at radius 3 is 2.67 bits per heavy atom. The van der Waals surface area contributed by atoms with Gasteiger partial charge in [-0.1, -0.05) is 6.07 Å². The molecule has 1 unspecified atom stereocenters. The van der Waals surface area contributed by atoms with E-state index in [4.69, 9.17) is 5.26 Å². The highest BCUT2D eigenvalue weighted by atomic mass is 15.2. The highest BCUT2D eigenvalue weighted by molar-refractivity contribution is 5.43. The molecule has 0 N–H and O–H groups in total. The Morgan fingerprint density at radius 2 is 2.11 bits per heavy atom. The SMILES string of the molecule is CC(c1cccnc1)N(C)c1ccc(C#N)cn1. The zero-order chi connectivity index (χ0) is 13.0. The minimum absolute atomic E-state index is 0.180. The van der Waals surface area contributed by atoms with Crippen molar-refractivity contribution in [2.75, 3.05) is 11.9 Å². The van der Waals surface area contributed by atoms with Crippen LogP contribution in [0.5, 0.6) is 0 Å². The number of nitrogens with zero attached hydrogens (tertiary/aromatic N) is 4. The lowest BCUT2D eigenvalue weighted by Crippen LogP contribution is -2.22. The lowest BCUT2D eigenvalue weighted by molar-refractivity contribution is 0.725. The normalized spacial score (nSPS) is 11.6. The van der Waals surface area contributed by atoms with E-state index in [1.54, 1.807) is 18.5 Å². The summed E-state index contributed by atoms with van der Waals surface area (Å²) in [6.07, 6.45) is 5.20. The first-order chi connectivity index (χ1) is 8.72. The smallest absolute Gasteiger partial charge is 0.128 e. The predicted molar refractivity (Wildman–Crippen MR) is 70.0 cm³/mol. The molecule has 1 atom stereocenters.